The molecular weight excluding hydrogens is 236 g/mol. The van der Waals surface area contributed by atoms with Crippen LogP contribution in [0.5, 0.6) is 0 Å². The molecule has 1 aliphatic carbocycles. The van der Waals surface area contributed by atoms with Crippen molar-refractivity contribution in [3.05, 3.63) is 29.3 Å². The van der Waals surface area contributed by atoms with Gasteiger partial charge in [-0.1, -0.05) is 25.3 Å². The molecule has 0 aliphatic heterocycles. The Morgan fingerprint density at radius 2 is 2.11 bits per heavy atom. The van der Waals surface area contributed by atoms with Crippen molar-refractivity contribution < 1.29 is 4.74 Å². The summed E-state index contributed by atoms with van der Waals surface area (Å²) in [5.74, 6) is 0.647. The van der Waals surface area contributed by atoms with E-state index in [2.05, 4.69) is 23.5 Å². The number of hydrogen-bond acceptors (Lipinski definition) is 3. The van der Waals surface area contributed by atoms with Crippen molar-refractivity contribution in [1.29, 1.82) is 5.26 Å². The summed E-state index contributed by atoms with van der Waals surface area (Å²) in [7, 11) is 1.68. The maximum atomic E-state index is 9.28. The van der Waals surface area contributed by atoms with E-state index in [4.69, 9.17) is 4.74 Å². The Morgan fingerprint density at radius 1 is 1.32 bits per heavy atom. The molecule has 0 spiro atoms. The molecule has 1 saturated carbocycles. The molecule has 1 aromatic carbocycles. The highest BCUT2D eigenvalue weighted by molar-refractivity contribution is 5.59. The van der Waals surface area contributed by atoms with Gasteiger partial charge in [-0.15, -0.1) is 0 Å². The Labute approximate surface area is 115 Å². The van der Waals surface area contributed by atoms with Gasteiger partial charge in [0.05, 0.1) is 17.9 Å². The third kappa shape index (κ3) is 3.71. The number of ether oxygens (including phenoxy) is 1. The lowest BCUT2D eigenvalue weighted by molar-refractivity contribution is 0.211. The fraction of sp³-hybridized carbons (Fsp3) is 0.562. The molecule has 0 amide bonds. The molecule has 1 fully saturated rings. The molecule has 2 rings (SSSR count). The molecule has 102 valence electrons. The van der Waals surface area contributed by atoms with E-state index in [1.54, 1.807) is 7.11 Å². The highest BCUT2D eigenvalue weighted by atomic mass is 16.5. The summed E-state index contributed by atoms with van der Waals surface area (Å²) in [5, 5.41) is 12.5. The van der Waals surface area contributed by atoms with Crippen LogP contribution >= 0.6 is 0 Å². The fourth-order valence-electron chi connectivity index (χ4n) is 2.79. The summed E-state index contributed by atoms with van der Waals surface area (Å²) in [6.07, 6.45) is 6.53. The number of rotatable bonds is 5. The molecule has 3 nitrogen and oxygen atoms in total. The lowest BCUT2D eigenvalue weighted by Crippen LogP contribution is -2.10. The average molecular weight is 258 g/mol. The van der Waals surface area contributed by atoms with E-state index in [1.165, 1.54) is 37.7 Å². The van der Waals surface area contributed by atoms with Crippen LogP contribution in [0.25, 0.3) is 0 Å². The van der Waals surface area contributed by atoms with Crippen LogP contribution in [0.1, 0.15) is 49.1 Å². The molecule has 0 radical (unpaired) electrons. The molecule has 0 aromatic heterocycles. The van der Waals surface area contributed by atoms with E-state index in [-0.39, 0.29) is 0 Å². The predicted octanol–water partition coefficient (Wildman–Crippen LogP) is 3.66. The Balaban J connectivity index is 2.09. The molecule has 0 heterocycles. The minimum Gasteiger partial charge on any atom is -0.383 e. The molecule has 0 bridgehead atoms. The van der Waals surface area contributed by atoms with Crippen LogP contribution in [0.3, 0.4) is 0 Å². The molecule has 19 heavy (non-hydrogen) atoms. The normalized spacial score (nSPS) is 16.0. The summed E-state index contributed by atoms with van der Waals surface area (Å²) in [6, 6.07) is 8.57. The minimum absolute atomic E-state index is 0.647. The zero-order chi connectivity index (χ0) is 13.5. The highest BCUT2D eigenvalue weighted by Gasteiger charge is 2.16. The second-order valence-electron chi connectivity index (χ2n) is 5.17. The van der Waals surface area contributed by atoms with Crippen molar-refractivity contribution in [1.82, 2.24) is 0 Å². The van der Waals surface area contributed by atoms with Crippen molar-refractivity contribution >= 4 is 5.69 Å². The number of anilines is 1. The standard InChI is InChI=1S/C16H22N2O/c1-19-10-9-18-16-8-7-14(11-15(16)12-17)13-5-3-2-4-6-13/h7-8,11,13,18H,2-6,9-10H2,1H3. The Bertz CT molecular complexity index is 445. The summed E-state index contributed by atoms with van der Waals surface area (Å²) in [5.41, 5.74) is 2.99. The number of nitriles is 1. The maximum Gasteiger partial charge on any atom is 0.101 e. The van der Waals surface area contributed by atoms with Crippen LogP contribution in [-0.2, 0) is 4.74 Å². The van der Waals surface area contributed by atoms with Crippen molar-refractivity contribution in [2.75, 3.05) is 25.6 Å². The van der Waals surface area contributed by atoms with Crippen LogP contribution in [-0.4, -0.2) is 20.3 Å². The molecule has 1 N–H and O–H groups in total. The number of hydrogen-bond donors (Lipinski definition) is 1. The Hall–Kier alpha value is -1.53. The zero-order valence-corrected chi connectivity index (χ0v) is 11.6. The van der Waals surface area contributed by atoms with Crippen molar-refractivity contribution in [3.63, 3.8) is 0 Å². The van der Waals surface area contributed by atoms with Gasteiger partial charge < -0.3 is 10.1 Å². The summed E-state index contributed by atoms with van der Waals surface area (Å²) < 4.78 is 5.01. The quantitative estimate of drug-likeness (QED) is 0.820. The van der Waals surface area contributed by atoms with Gasteiger partial charge in [-0.05, 0) is 36.5 Å². The Kier molecular flexibility index (Phi) is 5.23. The molecule has 0 atom stereocenters. The minimum atomic E-state index is 0.647. The first kappa shape index (κ1) is 13.9. The van der Waals surface area contributed by atoms with Crippen molar-refractivity contribution in [2.24, 2.45) is 0 Å². The van der Waals surface area contributed by atoms with Gasteiger partial charge in [-0.2, -0.15) is 5.26 Å². The van der Waals surface area contributed by atoms with Gasteiger partial charge in [0.25, 0.3) is 0 Å². The van der Waals surface area contributed by atoms with E-state index in [9.17, 15) is 5.26 Å². The molecule has 1 aromatic rings. The largest absolute Gasteiger partial charge is 0.383 e. The first-order valence-electron chi connectivity index (χ1n) is 7.12. The van der Waals surface area contributed by atoms with Crippen molar-refractivity contribution in [3.8, 4) is 6.07 Å². The number of nitrogens with zero attached hydrogens (tertiary/aromatic N) is 1. The van der Waals surface area contributed by atoms with Crippen LogP contribution in [0.15, 0.2) is 18.2 Å². The van der Waals surface area contributed by atoms with E-state index >= 15 is 0 Å². The SMILES string of the molecule is COCCNc1ccc(C2CCCCC2)cc1C#N. The number of methoxy groups -OCH3 is 1. The zero-order valence-electron chi connectivity index (χ0n) is 11.6. The molecule has 0 saturated heterocycles. The van der Waals surface area contributed by atoms with Crippen LogP contribution in [0, 0.1) is 11.3 Å². The van der Waals surface area contributed by atoms with E-state index in [1.807, 2.05) is 6.07 Å². The third-order valence-electron chi connectivity index (χ3n) is 3.86. The molecular formula is C16H22N2O. The van der Waals surface area contributed by atoms with Crippen molar-refractivity contribution in [2.45, 2.75) is 38.0 Å². The predicted molar refractivity (Wildman–Crippen MR) is 77.3 cm³/mol. The van der Waals surface area contributed by atoms with Gasteiger partial charge in [-0.3, -0.25) is 0 Å². The monoisotopic (exact) mass is 258 g/mol. The first-order valence-corrected chi connectivity index (χ1v) is 7.12. The van der Waals surface area contributed by atoms with Gasteiger partial charge in [0, 0.05) is 13.7 Å². The van der Waals surface area contributed by atoms with Crippen LogP contribution in [0.2, 0.25) is 0 Å². The second kappa shape index (κ2) is 7.16. The van der Waals surface area contributed by atoms with E-state index in [0.29, 0.717) is 12.5 Å². The topological polar surface area (TPSA) is 45.0 Å². The first-order chi connectivity index (χ1) is 9.35. The smallest absolute Gasteiger partial charge is 0.101 e. The third-order valence-corrected chi connectivity index (χ3v) is 3.86. The van der Waals surface area contributed by atoms with Gasteiger partial charge >= 0.3 is 0 Å². The van der Waals surface area contributed by atoms with Crippen LogP contribution in [0.4, 0.5) is 5.69 Å². The van der Waals surface area contributed by atoms with E-state index < -0.39 is 0 Å². The lowest BCUT2D eigenvalue weighted by atomic mass is 9.83. The second-order valence-corrected chi connectivity index (χ2v) is 5.17. The highest BCUT2D eigenvalue weighted by Crippen LogP contribution is 2.34. The summed E-state index contributed by atoms with van der Waals surface area (Å²) >= 11 is 0. The molecule has 3 heteroatoms. The van der Waals surface area contributed by atoms with Gasteiger partial charge in [0.15, 0.2) is 0 Å². The van der Waals surface area contributed by atoms with E-state index in [0.717, 1.165) is 17.8 Å². The molecule has 1 aliphatic rings. The van der Waals surface area contributed by atoms with Gasteiger partial charge in [0.1, 0.15) is 6.07 Å². The van der Waals surface area contributed by atoms with Crippen LogP contribution < -0.4 is 5.32 Å². The number of benzene rings is 1. The summed E-state index contributed by atoms with van der Waals surface area (Å²) in [4.78, 5) is 0. The van der Waals surface area contributed by atoms with Gasteiger partial charge in [0.2, 0.25) is 0 Å². The number of nitrogens with one attached hydrogen (secondary N) is 1. The Morgan fingerprint density at radius 3 is 2.79 bits per heavy atom. The average Bonchev–Trinajstić information content (AvgIpc) is 2.48. The van der Waals surface area contributed by atoms with Gasteiger partial charge in [-0.25, -0.2) is 0 Å². The molecule has 0 unspecified atom stereocenters. The fourth-order valence-corrected chi connectivity index (χ4v) is 2.79. The maximum absolute atomic E-state index is 9.28. The summed E-state index contributed by atoms with van der Waals surface area (Å²) in [6.45, 7) is 1.38. The lowest BCUT2D eigenvalue weighted by Gasteiger charge is -2.22.